The van der Waals surface area contributed by atoms with E-state index in [1.54, 1.807) is 29.2 Å². The number of hydrogen-bond donors (Lipinski definition) is 0. The summed E-state index contributed by atoms with van der Waals surface area (Å²) >= 11 is 1.52. The molecule has 0 unspecified atom stereocenters. The van der Waals surface area contributed by atoms with E-state index in [9.17, 15) is 13.2 Å². The molecule has 1 amide bonds. The number of para-hydroxylation sites is 1. The van der Waals surface area contributed by atoms with Gasteiger partial charge in [-0.15, -0.1) is 12.4 Å². The Balaban J connectivity index is 0.00000387. The Morgan fingerprint density at radius 3 is 2.41 bits per heavy atom. The van der Waals surface area contributed by atoms with Crippen LogP contribution in [-0.4, -0.2) is 56.9 Å². The van der Waals surface area contributed by atoms with E-state index in [1.807, 2.05) is 37.3 Å². The van der Waals surface area contributed by atoms with Gasteiger partial charge in [-0.1, -0.05) is 49.4 Å². The van der Waals surface area contributed by atoms with Crippen molar-refractivity contribution in [1.82, 2.24) is 9.88 Å². The molecule has 0 aliphatic carbocycles. The van der Waals surface area contributed by atoms with E-state index in [4.69, 9.17) is 4.98 Å². The van der Waals surface area contributed by atoms with Crippen LogP contribution in [0.3, 0.4) is 0 Å². The summed E-state index contributed by atoms with van der Waals surface area (Å²) in [6.45, 7) is 11.8. The lowest BCUT2D eigenvalue weighted by Gasteiger charge is -2.30. The van der Waals surface area contributed by atoms with Gasteiger partial charge in [-0.2, -0.15) is 0 Å². The number of rotatable bonds is 9. The minimum absolute atomic E-state index is 0. The summed E-state index contributed by atoms with van der Waals surface area (Å²) in [5.74, 6) is -0.187. The second-order valence-electron chi connectivity index (χ2n) is 10.2. The molecular formula is C31H37ClN4O3S2. The van der Waals surface area contributed by atoms with Crippen LogP contribution in [0.15, 0.2) is 65.6 Å². The lowest BCUT2D eigenvalue weighted by atomic mass is 10.0. The molecule has 218 valence electrons. The van der Waals surface area contributed by atoms with Gasteiger partial charge in [0.2, 0.25) is 0 Å². The number of thiazole rings is 1. The van der Waals surface area contributed by atoms with Gasteiger partial charge in [-0.3, -0.25) is 14.0 Å². The van der Waals surface area contributed by atoms with Gasteiger partial charge < -0.3 is 4.90 Å². The molecule has 3 aromatic carbocycles. The van der Waals surface area contributed by atoms with Crippen LogP contribution in [0, 0.1) is 13.8 Å². The zero-order chi connectivity index (χ0) is 28.4. The Morgan fingerprint density at radius 1 is 1.00 bits per heavy atom. The van der Waals surface area contributed by atoms with Gasteiger partial charge in [0.15, 0.2) is 5.13 Å². The Kier molecular flexibility index (Phi) is 9.74. The van der Waals surface area contributed by atoms with Crippen molar-refractivity contribution in [2.24, 2.45) is 0 Å². The van der Waals surface area contributed by atoms with Crippen LogP contribution < -0.4 is 9.21 Å². The number of aryl methyl sites for hydroxylation is 3. The zero-order valence-electron chi connectivity index (χ0n) is 24.0. The molecule has 7 nitrogen and oxygen atoms in total. The third kappa shape index (κ3) is 6.28. The Morgan fingerprint density at radius 2 is 1.71 bits per heavy atom. The summed E-state index contributed by atoms with van der Waals surface area (Å²) in [7, 11) is -3.75. The van der Waals surface area contributed by atoms with Gasteiger partial charge in [0.1, 0.15) is 0 Å². The van der Waals surface area contributed by atoms with Gasteiger partial charge in [0.25, 0.3) is 15.9 Å². The molecule has 0 N–H and O–H groups in total. The van der Waals surface area contributed by atoms with E-state index in [0.29, 0.717) is 30.3 Å². The number of halogens is 1. The molecule has 1 aromatic heterocycles. The van der Waals surface area contributed by atoms with Crippen LogP contribution in [-0.2, 0) is 16.4 Å². The number of aromatic nitrogens is 1. The summed E-state index contributed by atoms with van der Waals surface area (Å²) < 4.78 is 29.8. The molecule has 0 saturated carbocycles. The maximum atomic E-state index is 13.9. The molecular weight excluding hydrogens is 576 g/mol. The largest absolute Gasteiger partial charge is 0.302 e. The van der Waals surface area contributed by atoms with Gasteiger partial charge in [-0.05, 0) is 92.9 Å². The fourth-order valence-electron chi connectivity index (χ4n) is 5.35. The number of amides is 1. The highest BCUT2D eigenvalue weighted by Crippen LogP contribution is 2.34. The Bertz CT molecular complexity index is 1630. The number of carbonyl (C=O) groups is 1. The zero-order valence-corrected chi connectivity index (χ0v) is 26.4. The molecule has 0 saturated heterocycles. The number of likely N-dealkylation sites (N-methyl/N-ethyl adjacent to an activating group) is 1. The van der Waals surface area contributed by atoms with Gasteiger partial charge in [0, 0.05) is 25.2 Å². The van der Waals surface area contributed by atoms with E-state index in [0.717, 1.165) is 58.5 Å². The van der Waals surface area contributed by atoms with Crippen molar-refractivity contribution in [1.29, 1.82) is 0 Å². The molecule has 10 heteroatoms. The SMILES string of the molecule is CCN(CC)CCN(C(=O)c1ccc(S(=O)(=O)N2CCCc3ccccc32)cc1)c1nc2cc(C)cc(C)c2s1.Cl. The molecule has 4 aromatic rings. The standard InChI is InChI=1S/C31H36N4O3S2.ClH/c1-5-33(6-2)18-19-34(31-32-27-21-22(3)20-23(4)29(27)39-31)30(36)25-13-15-26(16-14-25)40(37,38)35-17-9-11-24-10-7-8-12-28(24)35;/h7-8,10,12-16,20-21H,5-6,9,11,17-19H2,1-4H3;1H. The van der Waals surface area contributed by atoms with Crippen molar-refractivity contribution < 1.29 is 13.2 Å². The second-order valence-corrected chi connectivity index (χ2v) is 13.1. The van der Waals surface area contributed by atoms with Crippen LogP contribution >= 0.6 is 23.7 Å². The first-order chi connectivity index (χ1) is 19.2. The van der Waals surface area contributed by atoms with Gasteiger partial charge in [-0.25, -0.2) is 13.4 Å². The first kappa shape index (κ1) is 31.0. The van der Waals surface area contributed by atoms with Gasteiger partial charge >= 0.3 is 0 Å². The third-order valence-corrected chi connectivity index (χ3v) is 10.6. The number of anilines is 2. The van der Waals surface area contributed by atoms with E-state index in [1.165, 1.54) is 15.6 Å². The molecule has 5 rings (SSSR count). The highest BCUT2D eigenvalue weighted by Gasteiger charge is 2.29. The Hall–Kier alpha value is -2.98. The maximum absolute atomic E-state index is 13.9. The van der Waals surface area contributed by atoms with Crippen molar-refractivity contribution in [2.75, 3.05) is 41.9 Å². The van der Waals surface area contributed by atoms with Crippen LogP contribution in [0.1, 0.15) is 47.3 Å². The molecule has 41 heavy (non-hydrogen) atoms. The lowest BCUT2D eigenvalue weighted by Crippen LogP contribution is -2.39. The molecule has 1 aliphatic heterocycles. The van der Waals surface area contributed by atoms with E-state index in [2.05, 4.69) is 31.7 Å². The monoisotopic (exact) mass is 612 g/mol. The van der Waals surface area contributed by atoms with Crippen LogP contribution in [0.2, 0.25) is 0 Å². The van der Waals surface area contributed by atoms with Crippen molar-refractivity contribution in [2.45, 2.75) is 45.4 Å². The van der Waals surface area contributed by atoms with Crippen molar-refractivity contribution >= 4 is 60.7 Å². The van der Waals surface area contributed by atoms with Crippen molar-refractivity contribution in [3.05, 3.63) is 82.9 Å². The summed E-state index contributed by atoms with van der Waals surface area (Å²) in [5, 5.41) is 0.655. The van der Waals surface area contributed by atoms with Gasteiger partial charge in [0.05, 0.1) is 20.8 Å². The fourth-order valence-corrected chi connectivity index (χ4v) is 7.93. The number of hydrogen-bond acceptors (Lipinski definition) is 6. The van der Waals surface area contributed by atoms with Crippen molar-refractivity contribution in [3.63, 3.8) is 0 Å². The first-order valence-corrected chi connectivity index (χ1v) is 16.1. The average Bonchev–Trinajstić information content (AvgIpc) is 3.39. The average molecular weight is 613 g/mol. The summed E-state index contributed by atoms with van der Waals surface area (Å²) in [4.78, 5) is 22.9. The summed E-state index contributed by atoms with van der Waals surface area (Å²) in [6, 6.07) is 18.2. The van der Waals surface area contributed by atoms with Crippen LogP contribution in [0.4, 0.5) is 10.8 Å². The van der Waals surface area contributed by atoms with Crippen molar-refractivity contribution in [3.8, 4) is 0 Å². The predicted octanol–water partition coefficient (Wildman–Crippen LogP) is 6.47. The fraction of sp³-hybridized carbons (Fsp3) is 0.355. The smallest absolute Gasteiger partial charge is 0.264 e. The normalized spacial score (nSPS) is 13.2. The predicted molar refractivity (Wildman–Crippen MR) is 172 cm³/mol. The quantitative estimate of drug-likeness (QED) is 0.217. The second kappa shape index (κ2) is 12.9. The molecule has 0 atom stereocenters. The van der Waals surface area contributed by atoms with E-state index in [-0.39, 0.29) is 23.2 Å². The van der Waals surface area contributed by atoms with E-state index >= 15 is 0 Å². The molecule has 0 bridgehead atoms. The molecule has 0 spiro atoms. The topological polar surface area (TPSA) is 73.8 Å². The van der Waals surface area contributed by atoms with E-state index < -0.39 is 10.0 Å². The molecule has 1 aliphatic rings. The molecule has 0 fully saturated rings. The minimum Gasteiger partial charge on any atom is -0.302 e. The highest BCUT2D eigenvalue weighted by molar-refractivity contribution is 7.92. The van der Waals surface area contributed by atoms with Crippen LogP contribution in [0.5, 0.6) is 0 Å². The van der Waals surface area contributed by atoms with Crippen LogP contribution in [0.25, 0.3) is 10.2 Å². The maximum Gasteiger partial charge on any atom is 0.264 e. The number of benzene rings is 3. The number of carbonyl (C=O) groups excluding carboxylic acids is 1. The third-order valence-electron chi connectivity index (χ3n) is 7.58. The number of nitrogens with zero attached hydrogens (tertiary/aromatic N) is 4. The molecule has 2 heterocycles. The lowest BCUT2D eigenvalue weighted by molar-refractivity contribution is 0.0983. The summed E-state index contributed by atoms with van der Waals surface area (Å²) in [5.41, 5.74) is 5.37. The summed E-state index contributed by atoms with van der Waals surface area (Å²) in [6.07, 6.45) is 1.64. The number of fused-ring (bicyclic) bond motifs is 2. The first-order valence-electron chi connectivity index (χ1n) is 13.9. The minimum atomic E-state index is -3.75. The molecule has 0 radical (unpaired) electrons. The highest BCUT2D eigenvalue weighted by atomic mass is 35.5. The Labute approximate surface area is 253 Å². The number of sulfonamides is 1.